The van der Waals surface area contributed by atoms with E-state index in [9.17, 15) is 13.2 Å². The first-order valence-corrected chi connectivity index (χ1v) is 5.91. The lowest BCUT2D eigenvalue weighted by Gasteiger charge is -2.19. The van der Waals surface area contributed by atoms with Gasteiger partial charge >= 0.3 is 6.18 Å². The van der Waals surface area contributed by atoms with Crippen molar-refractivity contribution < 1.29 is 13.2 Å². The highest BCUT2D eigenvalue weighted by atomic mass is 32.2. The Kier molecular flexibility index (Phi) is 4.09. The van der Waals surface area contributed by atoms with Gasteiger partial charge in [-0.3, -0.25) is 0 Å². The third kappa shape index (κ3) is 4.20. The quantitative estimate of drug-likeness (QED) is 0.831. The fourth-order valence-corrected chi connectivity index (χ4v) is 2.17. The van der Waals surface area contributed by atoms with Gasteiger partial charge in [-0.15, -0.1) is 11.8 Å². The molecule has 0 radical (unpaired) electrons. The molecule has 0 aromatic carbocycles. The van der Waals surface area contributed by atoms with Gasteiger partial charge in [-0.05, 0) is 11.6 Å². The summed E-state index contributed by atoms with van der Waals surface area (Å²) in [6.07, 6.45) is -4.42. The zero-order valence-electron chi connectivity index (χ0n) is 9.93. The second-order valence-corrected chi connectivity index (χ2v) is 6.39. The van der Waals surface area contributed by atoms with E-state index in [1.54, 1.807) is 0 Å². The van der Waals surface area contributed by atoms with Gasteiger partial charge in [0.1, 0.15) is 10.7 Å². The molecule has 0 aliphatic carbocycles. The van der Waals surface area contributed by atoms with E-state index in [-0.39, 0.29) is 11.3 Å². The van der Waals surface area contributed by atoms with Crippen molar-refractivity contribution >= 4 is 11.8 Å². The predicted molar refractivity (Wildman–Crippen MR) is 62.7 cm³/mol. The SMILES string of the molecule is CC(C)(C)Sc1nc(C(F)(F)F)ccc1CN. The number of rotatable bonds is 2. The number of alkyl halides is 3. The van der Waals surface area contributed by atoms with Crippen molar-refractivity contribution in [3.05, 3.63) is 23.4 Å². The van der Waals surface area contributed by atoms with E-state index in [0.29, 0.717) is 10.6 Å². The summed E-state index contributed by atoms with van der Waals surface area (Å²) in [5, 5.41) is 0.356. The van der Waals surface area contributed by atoms with E-state index in [1.807, 2.05) is 20.8 Å². The summed E-state index contributed by atoms with van der Waals surface area (Å²) in [6.45, 7) is 5.93. The molecule has 0 fully saturated rings. The highest BCUT2D eigenvalue weighted by Crippen LogP contribution is 2.35. The topological polar surface area (TPSA) is 38.9 Å². The molecule has 0 atom stereocenters. The molecule has 0 bridgehead atoms. The van der Waals surface area contributed by atoms with E-state index in [4.69, 9.17) is 5.73 Å². The Bertz CT molecular complexity index is 397. The van der Waals surface area contributed by atoms with Crippen molar-refractivity contribution in [2.45, 2.75) is 43.3 Å². The summed E-state index contributed by atoms with van der Waals surface area (Å²) >= 11 is 1.29. The summed E-state index contributed by atoms with van der Waals surface area (Å²) in [5.41, 5.74) is 5.26. The first kappa shape index (κ1) is 14.3. The molecule has 0 amide bonds. The first-order valence-electron chi connectivity index (χ1n) is 5.09. The molecule has 17 heavy (non-hydrogen) atoms. The monoisotopic (exact) mass is 264 g/mol. The van der Waals surface area contributed by atoms with Gasteiger partial charge in [-0.25, -0.2) is 4.98 Å². The summed E-state index contributed by atoms with van der Waals surface area (Å²) in [7, 11) is 0. The number of hydrogen-bond donors (Lipinski definition) is 1. The van der Waals surface area contributed by atoms with Crippen molar-refractivity contribution in [1.82, 2.24) is 4.98 Å². The zero-order chi connectivity index (χ0) is 13.3. The first-order chi connectivity index (χ1) is 7.63. The van der Waals surface area contributed by atoms with E-state index in [1.165, 1.54) is 17.8 Å². The molecule has 1 aromatic rings. The molecule has 0 saturated carbocycles. The lowest BCUT2D eigenvalue weighted by Crippen LogP contribution is -2.14. The normalized spacial score (nSPS) is 12.9. The molecule has 6 heteroatoms. The van der Waals surface area contributed by atoms with Crippen LogP contribution in [0.3, 0.4) is 0 Å². The zero-order valence-corrected chi connectivity index (χ0v) is 10.7. The maximum atomic E-state index is 12.5. The Morgan fingerprint density at radius 2 is 1.82 bits per heavy atom. The average molecular weight is 264 g/mol. The molecule has 0 spiro atoms. The minimum absolute atomic E-state index is 0.184. The molecule has 0 saturated heterocycles. The van der Waals surface area contributed by atoms with E-state index in [0.717, 1.165) is 6.07 Å². The Balaban J connectivity index is 3.16. The minimum Gasteiger partial charge on any atom is -0.326 e. The van der Waals surface area contributed by atoms with E-state index < -0.39 is 11.9 Å². The maximum Gasteiger partial charge on any atom is 0.433 e. The van der Waals surface area contributed by atoms with Gasteiger partial charge in [0, 0.05) is 11.3 Å². The Hall–Kier alpha value is -0.750. The van der Waals surface area contributed by atoms with Gasteiger partial charge in [-0.2, -0.15) is 13.2 Å². The smallest absolute Gasteiger partial charge is 0.326 e. The Morgan fingerprint density at radius 1 is 1.24 bits per heavy atom. The molecule has 2 nitrogen and oxygen atoms in total. The van der Waals surface area contributed by atoms with Crippen LogP contribution in [0.4, 0.5) is 13.2 Å². The predicted octanol–water partition coefficient (Wildman–Crippen LogP) is 3.45. The molecule has 0 aliphatic rings. The van der Waals surface area contributed by atoms with Crippen LogP contribution in [0.2, 0.25) is 0 Å². The van der Waals surface area contributed by atoms with Crippen LogP contribution in [-0.2, 0) is 12.7 Å². The van der Waals surface area contributed by atoms with Gasteiger partial charge < -0.3 is 5.73 Å². The number of halogens is 3. The number of nitrogens with two attached hydrogens (primary N) is 1. The highest BCUT2D eigenvalue weighted by molar-refractivity contribution is 8.00. The number of nitrogens with zero attached hydrogens (tertiary/aromatic N) is 1. The number of aromatic nitrogens is 1. The Morgan fingerprint density at radius 3 is 2.24 bits per heavy atom. The summed E-state index contributed by atoms with van der Waals surface area (Å²) in [5.74, 6) is 0. The molecule has 1 rings (SSSR count). The maximum absolute atomic E-state index is 12.5. The van der Waals surface area contributed by atoms with E-state index >= 15 is 0 Å². The molecule has 1 heterocycles. The van der Waals surface area contributed by atoms with Crippen LogP contribution >= 0.6 is 11.8 Å². The molecule has 0 aliphatic heterocycles. The van der Waals surface area contributed by atoms with Crippen LogP contribution in [0.1, 0.15) is 32.0 Å². The van der Waals surface area contributed by atoms with Crippen LogP contribution < -0.4 is 5.73 Å². The molecular formula is C11H15F3N2S. The molecular weight excluding hydrogens is 249 g/mol. The number of thioether (sulfide) groups is 1. The number of pyridine rings is 1. The van der Waals surface area contributed by atoms with Crippen LogP contribution in [0.25, 0.3) is 0 Å². The van der Waals surface area contributed by atoms with Crippen molar-refractivity contribution in [2.75, 3.05) is 0 Å². The average Bonchev–Trinajstić information content (AvgIpc) is 2.13. The van der Waals surface area contributed by atoms with Crippen molar-refractivity contribution in [3.63, 3.8) is 0 Å². The minimum atomic E-state index is -4.42. The molecule has 96 valence electrons. The lowest BCUT2D eigenvalue weighted by atomic mass is 10.2. The second kappa shape index (κ2) is 4.86. The van der Waals surface area contributed by atoms with Crippen LogP contribution in [0.15, 0.2) is 17.2 Å². The van der Waals surface area contributed by atoms with E-state index in [2.05, 4.69) is 4.98 Å². The number of hydrogen-bond acceptors (Lipinski definition) is 3. The van der Waals surface area contributed by atoms with Gasteiger partial charge in [0.2, 0.25) is 0 Å². The standard InChI is InChI=1S/C11H15F3N2S/c1-10(2,3)17-9-7(6-15)4-5-8(16-9)11(12,13)14/h4-5H,6,15H2,1-3H3. The highest BCUT2D eigenvalue weighted by Gasteiger charge is 2.33. The Labute approximate surface area is 103 Å². The summed E-state index contributed by atoms with van der Waals surface area (Å²) < 4.78 is 37.4. The van der Waals surface area contributed by atoms with Crippen molar-refractivity contribution in [1.29, 1.82) is 0 Å². The fraction of sp³-hybridized carbons (Fsp3) is 0.545. The van der Waals surface area contributed by atoms with Gasteiger partial charge in [0.15, 0.2) is 0 Å². The summed E-state index contributed by atoms with van der Waals surface area (Å²) in [4.78, 5) is 3.66. The van der Waals surface area contributed by atoms with Crippen molar-refractivity contribution in [3.8, 4) is 0 Å². The van der Waals surface area contributed by atoms with Gasteiger partial charge in [-0.1, -0.05) is 26.8 Å². The molecule has 1 aromatic heterocycles. The van der Waals surface area contributed by atoms with Crippen LogP contribution in [0.5, 0.6) is 0 Å². The second-order valence-electron chi connectivity index (χ2n) is 4.58. The van der Waals surface area contributed by atoms with Gasteiger partial charge in [0.05, 0.1) is 0 Å². The lowest BCUT2D eigenvalue weighted by molar-refractivity contribution is -0.141. The molecule has 2 N–H and O–H groups in total. The third-order valence-corrected chi connectivity index (χ3v) is 3.01. The van der Waals surface area contributed by atoms with Crippen molar-refractivity contribution in [2.24, 2.45) is 5.73 Å². The fourth-order valence-electron chi connectivity index (χ4n) is 1.16. The molecule has 0 unspecified atom stereocenters. The summed E-state index contributed by atoms with van der Waals surface area (Å²) in [6, 6.07) is 2.36. The largest absolute Gasteiger partial charge is 0.433 e. The van der Waals surface area contributed by atoms with Crippen LogP contribution in [-0.4, -0.2) is 9.73 Å². The van der Waals surface area contributed by atoms with Crippen LogP contribution in [0, 0.1) is 0 Å². The van der Waals surface area contributed by atoms with Gasteiger partial charge in [0.25, 0.3) is 0 Å². The third-order valence-electron chi connectivity index (χ3n) is 1.85.